The summed E-state index contributed by atoms with van der Waals surface area (Å²) < 4.78 is 6.01. The molecule has 0 saturated heterocycles. The molecule has 3 nitrogen and oxygen atoms in total. The molecule has 1 aliphatic rings. The summed E-state index contributed by atoms with van der Waals surface area (Å²) in [6, 6.07) is 12.3. The molecule has 1 N–H and O–H groups in total. The average Bonchev–Trinajstić information content (AvgIpc) is 2.58. The minimum absolute atomic E-state index is 0.0924. The molecule has 0 bridgehead atoms. The van der Waals surface area contributed by atoms with Crippen molar-refractivity contribution in [3.8, 4) is 5.75 Å². The highest BCUT2D eigenvalue weighted by Gasteiger charge is 2.19. The fourth-order valence-corrected chi connectivity index (χ4v) is 3.54. The summed E-state index contributed by atoms with van der Waals surface area (Å²) in [6.45, 7) is 6.04. The Bertz CT molecular complexity index is 746. The van der Waals surface area contributed by atoms with Gasteiger partial charge < -0.3 is 10.1 Å². The molecule has 132 valence electrons. The monoisotopic (exact) mass is 337 g/mol. The predicted molar refractivity (Wildman–Crippen MR) is 102 cm³/mol. The van der Waals surface area contributed by atoms with Crippen LogP contribution in [0.3, 0.4) is 0 Å². The van der Waals surface area contributed by atoms with E-state index in [1.165, 1.54) is 24.0 Å². The molecule has 0 radical (unpaired) electrons. The van der Waals surface area contributed by atoms with E-state index in [0.717, 1.165) is 35.4 Å². The molecule has 0 saturated carbocycles. The number of amides is 1. The maximum Gasteiger partial charge on any atom is 0.265 e. The first-order valence-electron chi connectivity index (χ1n) is 9.23. The molecule has 0 heterocycles. The van der Waals surface area contributed by atoms with Crippen LogP contribution in [0.15, 0.2) is 36.4 Å². The number of hydrogen-bond donors (Lipinski definition) is 1. The van der Waals surface area contributed by atoms with Crippen molar-refractivity contribution in [2.45, 2.75) is 59.0 Å². The Labute approximate surface area is 150 Å². The van der Waals surface area contributed by atoms with Crippen molar-refractivity contribution in [3.05, 3.63) is 58.7 Å². The van der Waals surface area contributed by atoms with Crippen LogP contribution in [0.2, 0.25) is 0 Å². The quantitative estimate of drug-likeness (QED) is 0.836. The minimum Gasteiger partial charge on any atom is -0.481 e. The van der Waals surface area contributed by atoms with Gasteiger partial charge in [0.25, 0.3) is 5.91 Å². The second-order valence-electron chi connectivity index (χ2n) is 7.02. The third-order valence-corrected chi connectivity index (χ3v) is 4.75. The highest BCUT2D eigenvalue weighted by atomic mass is 16.5. The summed E-state index contributed by atoms with van der Waals surface area (Å²) in [6.07, 6.45) is 4.91. The summed E-state index contributed by atoms with van der Waals surface area (Å²) in [5.41, 5.74) is 5.90. The minimum atomic E-state index is -0.484. The highest BCUT2D eigenvalue weighted by Crippen LogP contribution is 2.26. The summed E-state index contributed by atoms with van der Waals surface area (Å²) in [5.74, 6) is 0.702. The maximum atomic E-state index is 12.6. The van der Waals surface area contributed by atoms with Crippen molar-refractivity contribution < 1.29 is 9.53 Å². The summed E-state index contributed by atoms with van der Waals surface area (Å²) in [5, 5.41) is 2.99. The molecule has 0 spiro atoms. The smallest absolute Gasteiger partial charge is 0.265 e. The van der Waals surface area contributed by atoms with Gasteiger partial charge in [-0.2, -0.15) is 0 Å². The van der Waals surface area contributed by atoms with E-state index in [-0.39, 0.29) is 5.91 Å². The Hall–Kier alpha value is -2.29. The van der Waals surface area contributed by atoms with E-state index in [0.29, 0.717) is 6.42 Å². The lowest BCUT2D eigenvalue weighted by atomic mass is 9.92. The summed E-state index contributed by atoms with van der Waals surface area (Å²) in [4.78, 5) is 12.6. The number of rotatable bonds is 5. The fraction of sp³-hybridized carbons (Fsp3) is 0.409. The van der Waals surface area contributed by atoms with Gasteiger partial charge in [-0.05, 0) is 92.5 Å². The molecule has 0 fully saturated rings. The highest BCUT2D eigenvalue weighted by molar-refractivity contribution is 5.94. The normalized spacial score (nSPS) is 14.5. The zero-order chi connectivity index (χ0) is 17.8. The molecule has 1 atom stereocenters. The van der Waals surface area contributed by atoms with Gasteiger partial charge in [-0.1, -0.05) is 19.1 Å². The van der Waals surface area contributed by atoms with Gasteiger partial charge in [0.1, 0.15) is 5.75 Å². The van der Waals surface area contributed by atoms with E-state index in [1.807, 2.05) is 39.0 Å². The molecule has 1 amide bonds. The lowest BCUT2D eigenvalue weighted by Gasteiger charge is -2.20. The van der Waals surface area contributed by atoms with E-state index in [4.69, 9.17) is 4.74 Å². The standard InChI is InChI=1S/C22H27NO2/c1-4-21(22(24)23-19-12-15(2)11-16(3)13-19)25-20-10-9-17-7-5-6-8-18(17)14-20/h9-14,21H,4-8H2,1-3H3,(H,23,24)/t21-/m1/s1. The summed E-state index contributed by atoms with van der Waals surface area (Å²) in [7, 11) is 0. The number of carbonyl (C=O) groups is 1. The topological polar surface area (TPSA) is 38.3 Å². The van der Waals surface area contributed by atoms with Crippen molar-refractivity contribution in [3.63, 3.8) is 0 Å². The molecule has 0 unspecified atom stereocenters. The van der Waals surface area contributed by atoms with Gasteiger partial charge in [0.2, 0.25) is 0 Å². The Morgan fingerprint density at radius 1 is 1.04 bits per heavy atom. The molecule has 25 heavy (non-hydrogen) atoms. The molecule has 1 aliphatic carbocycles. The molecule has 0 aliphatic heterocycles. The fourth-order valence-electron chi connectivity index (χ4n) is 3.54. The van der Waals surface area contributed by atoms with E-state index in [1.54, 1.807) is 0 Å². The largest absolute Gasteiger partial charge is 0.481 e. The molecule has 2 aromatic rings. The zero-order valence-electron chi connectivity index (χ0n) is 15.4. The molecular formula is C22H27NO2. The number of fused-ring (bicyclic) bond motifs is 1. The number of benzene rings is 2. The SMILES string of the molecule is CC[C@@H](Oc1ccc2c(c1)CCCC2)C(=O)Nc1cc(C)cc(C)c1. The van der Waals surface area contributed by atoms with Crippen LogP contribution in [0.25, 0.3) is 0 Å². The molecular weight excluding hydrogens is 310 g/mol. The number of nitrogens with one attached hydrogen (secondary N) is 1. The van der Waals surface area contributed by atoms with Crippen LogP contribution in [0.4, 0.5) is 5.69 Å². The van der Waals surface area contributed by atoms with Gasteiger partial charge >= 0.3 is 0 Å². The van der Waals surface area contributed by atoms with Crippen molar-refractivity contribution in [2.75, 3.05) is 5.32 Å². The predicted octanol–water partition coefficient (Wildman–Crippen LogP) is 4.98. The maximum absolute atomic E-state index is 12.6. The first-order valence-corrected chi connectivity index (χ1v) is 9.23. The van der Waals surface area contributed by atoms with Crippen molar-refractivity contribution in [2.24, 2.45) is 0 Å². The first kappa shape index (κ1) is 17.5. The second kappa shape index (κ2) is 7.73. The van der Waals surface area contributed by atoms with Crippen LogP contribution in [0.1, 0.15) is 48.4 Å². The van der Waals surface area contributed by atoms with E-state index in [2.05, 4.69) is 23.5 Å². The van der Waals surface area contributed by atoms with Crippen molar-refractivity contribution in [1.82, 2.24) is 0 Å². The van der Waals surface area contributed by atoms with Gasteiger partial charge in [-0.3, -0.25) is 4.79 Å². The Balaban J connectivity index is 1.70. The number of aryl methyl sites for hydroxylation is 4. The van der Waals surface area contributed by atoms with E-state index >= 15 is 0 Å². The first-order chi connectivity index (χ1) is 12.0. The van der Waals surface area contributed by atoms with Gasteiger partial charge in [0.05, 0.1) is 0 Å². The second-order valence-corrected chi connectivity index (χ2v) is 7.02. The van der Waals surface area contributed by atoms with Crippen LogP contribution in [-0.4, -0.2) is 12.0 Å². The molecule has 3 rings (SSSR count). The molecule has 0 aromatic heterocycles. The lowest BCUT2D eigenvalue weighted by molar-refractivity contribution is -0.122. The average molecular weight is 337 g/mol. The Kier molecular flexibility index (Phi) is 5.42. The Morgan fingerprint density at radius 3 is 2.40 bits per heavy atom. The Morgan fingerprint density at radius 2 is 1.72 bits per heavy atom. The van der Waals surface area contributed by atoms with Crippen molar-refractivity contribution >= 4 is 11.6 Å². The number of ether oxygens (including phenoxy) is 1. The number of carbonyl (C=O) groups excluding carboxylic acids is 1. The molecule has 3 heteroatoms. The molecule has 2 aromatic carbocycles. The van der Waals surface area contributed by atoms with Gasteiger partial charge in [0.15, 0.2) is 6.10 Å². The van der Waals surface area contributed by atoms with Crippen LogP contribution in [0.5, 0.6) is 5.75 Å². The number of anilines is 1. The summed E-state index contributed by atoms with van der Waals surface area (Å²) >= 11 is 0. The number of hydrogen-bond acceptors (Lipinski definition) is 2. The van der Waals surface area contributed by atoms with Gasteiger partial charge in [-0.25, -0.2) is 0 Å². The van der Waals surface area contributed by atoms with E-state index < -0.39 is 6.10 Å². The van der Waals surface area contributed by atoms with Crippen LogP contribution < -0.4 is 10.1 Å². The van der Waals surface area contributed by atoms with Gasteiger partial charge in [-0.15, -0.1) is 0 Å². The van der Waals surface area contributed by atoms with Crippen LogP contribution in [0, 0.1) is 13.8 Å². The lowest BCUT2D eigenvalue weighted by Crippen LogP contribution is -2.32. The van der Waals surface area contributed by atoms with E-state index in [9.17, 15) is 4.79 Å². The van der Waals surface area contributed by atoms with Crippen molar-refractivity contribution in [1.29, 1.82) is 0 Å². The third-order valence-electron chi connectivity index (χ3n) is 4.75. The third kappa shape index (κ3) is 4.41. The van der Waals surface area contributed by atoms with Gasteiger partial charge in [0, 0.05) is 5.69 Å². The van der Waals surface area contributed by atoms with Crippen LogP contribution in [-0.2, 0) is 17.6 Å². The zero-order valence-corrected chi connectivity index (χ0v) is 15.4. The van der Waals surface area contributed by atoms with Crippen LogP contribution >= 0.6 is 0 Å².